The highest BCUT2D eigenvalue weighted by molar-refractivity contribution is 7.89. The van der Waals surface area contributed by atoms with E-state index in [9.17, 15) is 8.42 Å². The molecule has 6 heteroatoms. The van der Waals surface area contributed by atoms with Crippen LogP contribution < -0.4 is 10.5 Å². The number of hydrogen-bond acceptors (Lipinski definition) is 3. The fraction of sp³-hybridized carbons (Fsp3) is 0.500. The van der Waals surface area contributed by atoms with Gasteiger partial charge >= 0.3 is 0 Å². The third-order valence-corrected chi connectivity index (χ3v) is 3.84. The lowest BCUT2D eigenvalue weighted by Gasteiger charge is -2.06. The number of sulfonamides is 1. The molecule has 0 aliphatic heterocycles. The molecule has 3 N–H and O–H groups in total. The summed E-state index contributed by atoms with van der Waals surface area (Å²) < 4.78 is 25.8. The quantitative estimate of drug-likeness (QED) is 0.710. The van der Waals surface area contributed by atoms with Crippen molar-refractivity contribution in [2.75, 3.05) is 18.8 Å². The van der Waals surface area contributed by atoms with E-state index in [2.05, 4.69) is 4.72 Å². The van der Waals surface area contributed by atoms with Gasteiger partial charge in [0.2, 0.25) is 10.0 Å². The largest absolute Gasteiger partial charge is 0.330 e. The smallest absolute Gasteiger partial charge is 0.211 e. The van der Waals surface area contributed by atoms with Gasteiger partial charge in [-0.3, -0.25) is 0 Å². The Bertz CT molecular complexity index is 409. The van der Waals surface area contributed by atoms with Gasteiger partial charge in [0, 0.05) is 6.54 Å². The molecule has 0 saturated carbocycles. The fourth-order valence-electron chi connectivity index (χ4n) is 1.47. The monoisotopic (exact) mass is 292 g/mol. The van der Waals surface area contributed by atoms with Gasteiger partial charge in [-0.05, 0) is 31.4 Å². The maximum Gasteiger partial charge on any atom is 0.211 e. The van der Waals surface area contributed by atoms with Crippen molar-refractivity contribution < 1.29 is 8.42 Å². The molecule has 0 bridgehead atoms. The fourth-order valence-corrected chi connectivity index (χ4v) is 2.57. The van der Waals surface area contributed by atoms with Gasteiger partial charge in [-0.2, -0.15) is 0 Å². The van der Waals surface area contributed by atoms with Crippen molar-refractivity contribution in [3.05, 3.63) is 35.9 Å². The first kappa shape index (κ1) is 17.4. The lowest BCUT2D eigenvalue weighted by Crippen LogP contribution is -2.28. The third kappa shape index (κ3) is 7.66. The van der Waals surface area contributed by atoms with Crippen molar-refractivity contribution in [2.45, 2.75) is 19.3 Å². The minimum absolute atomic E-state index is 0. The van der Waals surface area contributed by atoms with Crippen molar-refractivity contribution in [2.24, 2.45) is 5.73 Å². The second-order valence-corrected chi connectivity index (χ2v) is 5.87. The van der Waals surface area contributed by atoms with Crippen molar-refractivity contribution in [1.82, 2.24) is 4.72 Å². The van der Waals surface area contributed by atoms with E-state index in [1.807, 2.05) is 30.3 Å². The molecule has 1 aromatic carbocycles. The number of nitrogens with one attached hydrogen (secondary N) is 1. The number of nitrogens with two attached hydrogens (primary N) is 1. The predicted molar refractivity (Wildman–Crippen MR) is 77.5 cm³/mol. The summed E-state index contributed by atoms with van der Waals surface area (Å²) in [4.78, 5) is 0. The van der Waals surface area contributed by atoms with Crippen molar-refractivity contribution >= 4 is 22.4 Å². The summed E-state index contributed by atoms with van der Waals surface area (Å²) in [5.74, 6) is 0.139. The number of rotatable bonds is 8. The maximum absolute atomic E-state index is 11.6. The van der Waals surface area contributed by atoms with Gasteiger partial charge in [-0.15, -0.1) is 12.4 Å². The molecule has 104 valence electrons. The number of aryl methyl sites for hydroxylation is 1. The highest BCUT2D eigenvalue weighted by atomic mass is 35.5. The molecule has 0 spiro atoms. The minimum atomic E-state index is -3.15. The topological polar surface area (TPSA) is 72.2 Å². The first-order valence-electron chi connectivity index (χ1n) is 5.85. The van der Waals surface area contributed by atoms with Crippen LogP contribution in [0.3, 0.4) is 0 Å². The molecule has 0 fully saturated rings. The molecular weight excluding hydrogens is 272 g/mol. The number of unbranched alkanes of at least 4 members (excludes halogenated alkanes) is 1. The van der Waals surface area contributed by atoms with E-state index >= 15 is 0 Å². The van der Waals surface area contributed by atoms with Crippen LogP contribution in [0, 0.1) is 0 Å². The lowest BCUT2D eigenvalue weighted by molar-refractivity contribution is 0.576. The highest BCUT2D eigenvalue weighted by Gasteiger charge is 2.09. The maximum atomic E-state index is 11.6. The molecule has 0 amide bonds. The van der Waals surface area contributed by atoms with Crippen LogP contribution >= 0.6 is 12.4 Å². The molecule has 1 rings (SSSR count). The molecule has 0 aliphatic carbocycles. The Kier molecular flexibility index (Phi) is 9.01. The second kappa shape index (κ2) is 9.33. The predicted octanol–water partition coefficient (Wildman–Crippen LogP) is 1.31. The van der Waals surface area contributed by atoms with Gasteiger partial charge in [0.25, 0.3) is 0 Å². The van der Waals surface area contributed by atoms with Crippen molar-refractivity contribution in [1.29, 1.82) is 0 Å². The van der Waals surface area contributed by atoms with Crippen molar-refractivity contribution in [3.8, 4) is 0 Å². The average molecular weight is 293 g/mol. The zero-order chi connectivity index (χ0) is 12.6. The van der Waals surface area contributed by atoms with Gasteiger partial charge in [0.05, 0.1) is 5.75 Å². The minimum Gasteiger partial charge on any atom is -0.330 e. The summed E-state index contributed by atoms with van der Waals surface area (Å²) in [6, 6.07) is 9.62. The standard InChI is InChI=1S/C12H20N2O2S.ClH/c13-9-4-5-10-14-17(15,16)11-8-12-6-2-1-3-7-12;/h1-3,6-7,14H,4-5,8-11,13H2;1H. The molecule has 18 heavy (non-hydrogen) atoms. The first-order valence-corrected chi connectivity index (χ1v) is 7.50. The number of halogens is 1. The summed E-state index contributed by atoms with van der Waals surface area (Å²) in [6.45, 7) is 1.08. The molecule has 0 unspecified atom stereocenters. The van der Waals surface area contributed by atoms with Crippen LogP contribution in [-0.4, -0.2) is 27.3 Å². The Hall–Kier alpha value is -0.620. The lowest BCUT2D eigenvalue weighted by atomic mass is 10.2. The summed E-state index contributed by atoms with van der Waals surface area (Å²) in [5, 5.41) is 0. The van der Waals surface area contributed by atoms with E-state index in [4.69, 9.17) is 5.73 Å². The number of benzene rings is 1. The summed E-state index contributed by atoms with van der Waals surface area (Å²) in [5.41, 5.74) is 6.38. The molecule has 0 radical (unpaired) electrons. The van der Waals surface area contributed by atoms with E-state index in [1.165, 1.54) is 0 Å². The Morgan fingerprint density at radius 3 is 2.39 bits per heavy atom. The van der Waals surface area contributed by atoms with Gasteiger partial charge in [-0.25, -0.2) is 13.1 Å². The number of hydrogen-bond donors (Lipinski definition) is 2. The molecule has 0 atom stereocenters. The molecule has 0 aliphatic rings. The zero-order valence-electron chi connectivity index (χ0n) is 10.3. The van der Waals surface area contributed by atoms with E-state index in [-0.39, 0.29) is 18.2 Å². The zero-order valence-corrected chi connectivity index (χ0v) is 12.0. The highest BCUT2D eigenvalue weighted by Crippen LogP contribution is 2.01. The van der Waals surface area contributed by atoms with Crippen LogP contribution in [0.1, 0.15) is 18.4 Å². The molecule has 0 heterocycles. The van der Waals surface area contributed by atoms with E-state index in [0.29, 0.717) is 19.5 Å². The normalized spacial score (nSPS) is 10.9. The Morgan fingerprint density at radius 2 is 1.78 bits per heavy atom. The van der Waals surface area contributed by atoms with Gasteiger partial charge in [0.15, 0.2) is 0 Å². The molecule has 0 saturated heterocycles. The van der Waals surface area contributed by atoms with Gasteiger partial charge < -0.3 is 5.73 Å². The van der Waals surface area contributed by atoms with E-state index in [0.717, 1.165) is 18.4 Å². The van der Waals surface area contributed by atoms with Crippen LogP contribution in [0.5, 0.6) is 0 Å². The Morgan fingerprint density at radius 1 is 1.11 bits per heavy atom. The summed E-state index contributed by atoms with van der Waals surface area (Å²) in [6.07, 6.45) is 2.19. The second-order valence-electron chi connectivity index (χ2n) is 3.94. The third-order valence-electron chi connectivity index (χ3n) is 2.46. The van der Waals surface area contributed by atoms with Crippen LogP contribution in [0.2, 0.25) is 0 Å². The Balaban J connectivity index is 0.00000289. The van der Waals surface area contributed by atoms with Crippen LogP contribution in [0.4, 0.5) is 0 Å². The average Bonchev–Trinajstić information content (AvgIpc) is 2.34. The summed E-state index contributed by atoms with van der Waals surface area (Å²) >= 11 is 0. The van der Waals surface area contributed by atoms with Crippen LogP contribution in [-0.2, 0) is 16.4 Å². The Labute approximate surface area is 115 Å². The van der Waals surface area contributed by atoms with Crippen molar-refractivity contribution in [3.63, 3.8) is 0 Å². The SMILES string of the molecule is Cl.NCCCCNS(=O)(=O)CCc1ccccc1. The van der Waals surface area contributed by atoms with Gasteiger partial charge in [0.1, 0.15) is 0 Å². The molecule has 4 nitrogen and oxygen atoms in total. The molecule has 1 aromatic rings. The van der Waals surface area contributed by atoms with Crippen LogP contribution in [0.25, 0.3) is 0 Å². The van der Waals surface area contributed by atoms with Crippen LogP contribution in [0.15, 0.2) is 30.3 Å². The summed E-state index contributed by atoms with van der Waals surface area (Å²) in [7, 11) is -3.15. The van der Waals surface area contributed by atoms with Gasteiger partial charge in [-0.1, -0.05) is 30.3 Å². The van der Waals surface area contributed by atoms with E-state index < -0.39 is 10.0 Å². The first-order chi connectivity index (χ1) is 8.14. The molecule has 0 aromatic heterocycles. The molecular formula is C12H21ClN2O2S. The van der Waals surface area contributed by atoms with E-state index in [1.54, 1.807) is 0 Å².